The highest BCUT2D eigenvalue weighted by atomic mass is 32.2. The van der Waals surface area contributed by atoms with Gasteiger partial charge in [-0.1, -0.05) is 30.3 Å². The lowest BCUT2D eigenvalue weighted by molar-refractivity contribution is -0.138. The summed E-state index contributed by atoms with van der Waals surface area (Å²) in [5.74, 6) is 0.128. The molecule has 0 saturated heterocycles. The number of nitrogens with one attached hydrogen (secondary N) is 1. The summed E-state index contributed by atoms with van der Waals surface area (Å²) in [5.41, 5.74) is -2.21. The van der Waals surface area contributed by atoms with Crippen molar-refractivity contribution >= 4 is 21.8 Å². The Morgan fingerprint density at radius 2 is 1.54 bits per heavy atom. The van der Waals surface area contributed by atoms with Gasteiger partial charge in [-0.3, -0.25) is 0 Å². The highest BCUT2D eigenvalue weighted by molar-refractivity contribution is 7.87. The number of para-hydroxylation sites is 1. The second-order valence-corrected chi connectivity index (χ2v) is 10.2. The minimum Gasteiger partial charge on any atom is -0.467 e. The third-order valence-electron chi connectivity index (χ3n) is 5.64. The molecule has 0 radical (unpaired) electrons. The summed E-state index contributed by atoms with van der Waals surface area (Å²) in [6, 6.07) is 15.1. The summed E-state index contributed by atoms with van der Waals surface area (Å²) in [4.78, 5) is 13.5. The Kier molecular flexibility index (Phi) is 8.33. The van der Waals surface area contributed by atoms with Crippen LogP contribution in [0.2, 0.25) is 0 Å². The molecular formula is C27H20F6N2O5S. The summed E-state index contributed by atoms with van der Waals surface area (Å²) in [7, 11) is -4.61. The number of carbonyl (C=O) groups is 1. The Morgan fingerprint density at radius 1 is 0.829 bits per heavy atom. The molecule has 0 aliphatic carbocycles. The van der Waals surface area contributed by atoms with E-state index in [4.69, 9.17) is 8.60 Å². The van der Waals surface area contributed by atoms with Crippen molar-refractivity contribution in [1.29, 1.82) is 0 Å². The number of hydrogen-bond donors (Lipinski definition) is 1. The highest BCUT2D eigenvalue weighted by Gasteiger charge is 2.34. The molecule has 1 heterocycles. The number of nitrogens with zero attached hydrogens (tertiary/aromatic N) is 1. The minimum atomic E-state index is -4.75. The lowest BCUT2D eigenvalue weighted by Gasteiger charge is -2.23. The lowest BCUT2D eigenvalue weighted by atomic mass is 10.1. The van der Waals surface area contributed by atoms with Gasteiger partial charge in [-0.05, 0) is 60.2 Å². The molecule has 41 heavy (non-hydrogen) atoms. The first-order chi connectivity index (χ1) is 19.2. The fourth-order valence-corrected chi connectivity index (χ4v) is 4.67. The van der Waals surface area contributed by atoms with E-state index in [0.29, 0.717) is 17.4 Å². The zero-order valence-electron chi connectivity index (χ0n) is 20.7. The number of rotatable bonds is 8. The zero-order chi connectivity index (χ0) is 29.8. The molecule has 0 unspecified atom stereocenters. The molecule has 0 spiro atoms. The van der Waals surface area contributed by atoms with Crippen LogP contribution in [0.25, 0.3) is 0 Å². The van der Waals surface area contributed by atoms with Crippen LogP contribution in [0.3, 0.4) is 0 Å². The molecule has 1 aromatic heterocycles. The van der Waals surface area contributed by atoms with Crippen molar-refractivity contribution in [2.24, 2.45) is 0 Å². The van der Waals surface area contributed by atoms with Crippen molar-refractivity contribution in [2.45, 2.75) is 30.3 Å². The second-order valence-electron chi connectivity index (χ2n) is 8.62. The SMILES string of the molecule is O=C(Nc1ccccc1C(F)(F)F)N(Cc1ccc(OS(=O)(=O)c2cccc(C(F)(F)F)c2)cc1)Cc1ccco1. The van der Waals surface area contributed by atoms with Crippen molar-refractivity contribution in [3.05, 3.63) is 114 Å². The fourth-order valence-electron chi connectivity index (χ4n) is 3.70. The first-order valence-electron chi connectivity index (χ1n) is 11.7. The van der Waals surface area contributed by atoms with Gasteiger partial charge in [0.15, 0.2) is 0 Å². The van der Waals surface area contributed by atoms with E-state index in [0.717, 1.165) is 30.3 Å². The predicted octanol–water partition coefficient (Wildman–Crippen LogP) is 7.32. The summed E-state index contributed by atoms with van der Waals surface area (Å²) in [5, 5.41) is 2.27. The number of amides is 2. The zero-order valence-corrected chi connectivity index (χ0v) is 21.6. The molecule has 4 rings (SSSR count). The smallest absolute Gasteiger partial charge is 0.418 e. The van der Waals surface area contributed by atoms with Gasteiger partial charge in [0.2, 0.25) is 0 Å². The highest BCUT2D eigenvalue weighted by Crippen LogP contribution is 2.35. The van der Waals surface area contributed by atoms with Crippen LogP contribution in [-0.4, -0.2) is 19.3 Å². The maximum absolute atomic E-state index is 13.4. The molecule has 216 valence electrons. The van der Waals surface area contributed by atoms with E-state index in [-0.39, 0.29) is 18.8 Å². The summed E-state index contributed by atoms with van der Waals surface area (Å²) in [6.45, 7) is -0.253. The average molecular weight is 599 g/mol. The number of alkyl halides is 6. The normalized spacial score (nSPS) is 12.1. The molecule has 0 atom stereocenters. The van der Waals surface area contributed by atoms with Crippen LogP contribution in [0.4, 0.5) is 36.8 Å². The molecule has 7 nitrogen and oxygen atoms in total. The lowest BCUT2D eigenvalue weighted by Crippen LogP contribution is -2.34. The molecule has 1 N–H and O–H groups in total. The topological polar surface area (TPSA) is 88.9 Å². The Hall–Kier alpha value is -4.46. The standard InChI is InChI=1S/C27H20F6N2O5S/c28-26(29,30)19-5-3-7-22(15-19)41(37,38)40-20-12-10-18(11-13-20)16-35(17-21-6-4-14-39-21)25(36)34-24-9-2-1-8-23(24)27(31,32)33/h1-15H,16-17H2,(H,34,36). The Bertz CT molecular complexity index is 1600. The van der Waals surface area contributed by atoms with Crippen molar-refractivity contribution in [1.82, 2.24) is 4.90 Å². The first-order valence-corrected chi connectivity index (χ1v) is 13.1. The molecule has 0 saturated carbocycles. The van der Waals surface area contributed by atoms with Crippen LogP contribution in [0.1, 0.15) is 22.5 Å². The molecule has 4 aromatic rings. The van der Waals surface area contributed by atoms with Gasteiger partial charge in [-0.25, -0.2) is 4.79 Å². The van der Waals surface area contributed by atoms with E-state index in [1.807, 2.05) is 0 Å². The van der Waals surface area contributed by atoms with Gasteiger partial charge in [0, 0.05) is 6.54 Å². The van der Waals surface area contributed by atoms with Crippen molar-refractivity contribution < 1.29 is 48.2 Å². The van der Waals surface area contributed by atoms with Gasteiger partial charge in [0.1, 0.15) is 16.4 Å². The van der Waals surface area contributed by atoms with Crippen LogP contribution in [0.5, 0.6) is 5.75 Å². The largest absolute Gasteiger partial charge is 0.467 e. The first kappa shape index (κ1) is 29.5. The van der Waals surface area contributed by atoms with Gasteiger partial charge < -0.3 is 18.8 Å². The molecule has 2 amide bonds. The molecule has 0 bridgehead atoms. The van der Waals surface area contributed by atoms with E-state index in [9.17, 15) is 39.6 Å². The maximum Gasteiger partial charge on any atom is 0.418 e. The number of halogens is 6. The number of hydrogen-bond acceptors (Lipinski definition) is 5. The Morgan fingerprint density at radius 3 is 2.17 bits per heavy atom. The molecule has 0 aliphatic heterocycles. The molecular weight excluding hydrogens is 578 g/mol. The third kappa shape index (κ3) is 7.60. The van der Waals surface area contributed by atoms with Gasteiger partial charge in [0.05, 0.1) is 29.6 Å². The van der Waals surface area contributed by atoms with E-state index in [1.54, 1.807) is 12.1 Å². The van der Waals surface area contributed by atoms with Crippen LogP contribution in [-0.2, 0) is 35.6 Å². The molecule has 0 fully saturated rings. The van der Waals surface area contributed by atoms with Crippen LogP contribution in [0.15, 0.2) is 101 Å². The monoisotopic (exact) mass is 598 g/mol. The summed E-state index contributed by atoms with van der Waals surface area (Å²) < 4.78 is 114. The fraction of sp³-hybridized carbons (Fsp3) is 0.148. The molecule has 14 heteroatoms. The van der Waals surface area contributed by atoms with Crippen LogP contribution >= 0.6 is 0 Å². The van der Waals surface area contributed by atoms with Crippen molar-refractivity contribution in [2.75, 3.05) is 5.32 Å². The number of carbonyl (C=O) groups excluding carboxylic acids is 1. The number of urea groups is 1. The van der Waals surface area contributed by atoms with E-state index < -0.39 is 50.2 Å². The average Bonchev–Trinajstić information content (AvgIpc) is 3.42. The quantitative estimate of drug-likeness (QED) is 0.170. The number of benzene rings is 3. The Labute approximate surface area is 230 Å². The van der Waals surface area contributed by atoms with Gasteiger partial charge in [-0.15, -0.1) is 0 Å². The van der Waals surface area contributed by atoms with Crippen LogP contribution in [0, 0.1) is 0 Å². The van der Waals surface area contributed by atoms with E-state index >= 15 is 0 Å². The number of anilines is 1. The Balaban J connectivity index is 1.51. The van der Waals surface area contributed by atoms with Gasteiger partial charge >= 0.3 is 28.5 Å². The summed E-state index contributed by atoms with van der Waals surface area (Å²) in [6.07, 6.45) is -8.10. The minimum absolute atomic E-state index is 0.116. The van der Waals surface area contributed by atoms with E-state index in [1.165, 1.54) is 47.6 Å². The van der Waals surface area contributed by atoms with E-state index in [2.05, 4.69) is 5.32 Å². The molecule has 3 aromatic carbocycles. The third-order valence-corrected chi connectivity index (χ3v) is 6.88. The van der Waals surface area contributed by atoms with Crippen molar-refractivity contribution in [3.63, 3.8) is 0 Å². The summed E-state index contributed by atoms with van der Waals surface area (Å²) >= 11 is 0. The van der Waals surface area contributed by atoms with Gasteiger partial charge in [0.25, 0.3) is 0 Å². The van der Waals surface area contributed by atoms with Crippen molar-refractivity contribution in [3.8, 4) is 5.75 Å². The maximum atomic E-state index is 13.4. The number of furan rings is 1. The van der Waals surface area contributed by atoms with Gasteiger partial charge in [-0.2, -0.15) is 34.8 Å². The molecule has 0 aliphatic rings. The second kappa shape index (κ2) is 11.6. The predicted molar refractivity (Wildman–Crippen MR) is 134 cm³/mol. The van der Waals surface area contributed by atoms with Crippen LogP contribution < -0.4 is 9.50 Å².